The third-order valence-electron chi connectivity index (χ3n) is 2.67. The van der Waals surface area contributed by atoms with Crippen LogP contribution < -0.4 is 5.73 Å². The molecule has 2 N–H and O–H groups in total. The first kappa shape index (κ1) is 11.3. The summed E-state index contributed by atoms with van der Waals surface area (Å²) in [5.41, 5.74) is 8.37. The lowest BCUT2D eigenvalue weighted by atomic mass is 10.0. The molecule has 0 amide bonds. The molecule has 0 aliphatic carbocycles. The average Bonchev–Trinajstić information content (AvgIpc) is 2.65. The van der Waals surface area contributed by atoms with Crippen LogP contribution in [-0.2, 0) is 0 Å². The summed E-state index contributed by atoms with van der Waals surface area (Å²) in [5, 5.41) is 1.97. The van der Waals surface area contributed by atoms with E-state index in [-0.39, 0.29) is 11.9 Å². The van der Waals surface area contributed by atoms with Crippen LogP contribution in [0.1, 0.15) is 23.4 Å². The van der Waals surface area contributed by atoms with Crippen LogP contribution in [0.4, 0.5) is 4.39 Å². The van der Waals surface area contributed by atoms with Crippen molar-refractivity contribution in [2.45, 2.75) is 19.9 Å². The minimum Gasteiger partial charge on any atom is -0.324 e. The van der Waals surface area contributed by atoms with E-state index >= 15 is 0 Å². The fourth-order valence-electron chi connectivity index (χ4n) is 1.70. The number of aryl methyl sites for hydroxylation is 1. The molecule has 0 bridgehead atoms. The van der Waals surface area contributed by atoms with E-state index in [1.165, 1.54) is 6.07 Å². The van der Waals surface area contributed by atoms with Gasteiger partial charge in [-0.25, -0.2) is 4.39 Å². The van der Waals surface area contributed by atoms with Crippen molar-refractivity contribution in [3.63, 3.8) is 0 Å². The smallest absolute Gasteiger partial charge is 0.131 e. The van der Waals surface area contributed by atoms with Gasteiger partial charge in [0.2, 0.25) is 0 Å². The van der Waals surface area contributed by atoms with Gasteiger partial charge in [0, 0.05) is 16.5 Å². The van der Waals surface area contributed by atoms with Crippen LogP contribution in [-0.4, -0.2) is 0 Å². The van der Waals surface area contributed by atoms with Crippen LogP contribution in [0.5, 0.6) is 0 Å². The molecule has 1 nitrogen and oxygen atoms in total. The molecule has 0 saturated carbocycles. The molecule has 84 valence electrons. The molecule has 0 aliphatic heterocycles. The van der Waals surface area contributed by atoms with Crippen molar-refractivity contribution < 1.29 is 4.39 Å². The van der Waals surface area contributed by atoms with E-state index in [2.05, 4.69) is 0 Å². The normalized spacial score (nSPS) is 12.8. The first-order valence-electron chi connectivity index (χ1n) is 5.19. The molecule has 2 rings (SSSR count). The molecule has 0 spiro atoms. The van der Waals surface area contributed by atoms with Crippen LogP contribution >= 0.6 is 11.3 Å². The molecule has 1 unspecified atom stereocenters. The molecule has 0 fully saturated rings. The number of rotatable bonds is 2. The van der Waals surface area contributed by atoms with Crippen molar-refractivity contribution in [3.8, 4) is 11.1 Å². The minimum atomic E-state index is -0.189. The number of halogens is 1. The van der Waals surface area contributed by atoms with E-state index in [0.29, 0.717) is 5.56 Å². The predicted molar refractivity (Wildman–Crippen MR) is 67.1 cm³/mol. The lowest BCUT2D eigenvalue weighted by Crippen LogP contribution is -2.05. The zero-order chi connectivity index (χ0) is 11.7. The van der Waals surface area contributed by atoms with Crippen LogP contribution in [0.25, 0.3) is 11.1 Å². The van der Waals surface area contributed by atoms with Gasteiger partial charge in [-0.1, -0.05) is 6.07 Å². The highest BCUT2D eigenvalue weighted by Gasteiger charge is 2.10. The summed E-state index contributed by atoms with van der Waals surface area (Å²) in [6.45, 7) is 3.90. The summed E-state index contributed by atoms with van der Waals surface area (Å²) >= 11 is 1.62. The Morgan fingerprint density at radius 3 is 2.56 bits per heavy atom. The minimum absolute atomic E-state index is 0.0710. The van der Waals surface area contributed by atoms with Gasteiger partial charge in [-0.2, -0.15) is 0 Å². The highest BCUT2D eigenvalue weighted by molar-refractivity contribution is 7.10. The van der Waals surface area contributed by atoms with Crippen molar-refractivity contribution in [1.82, 2.24) is 0 Å². The Bertz CT molecular complexity index is 502. The molecule has 2 aromatic rings. The van der Waals surface area contributed by atoms with Gasteiger partial charge in [-0.05, 0) is 48.6 Å². The Balaban J connectivity index is 2.56. The van der Waals surface area contributed by atoms with E-state index in [0.717, 1.165) is 16.0 Å². The summed E-state index contributed by atoms with van der Waals surface area (Å²) in [5.74, 6) is -0.189. The summed E-state index contributed by atoms with van der Waals surface area (Å²) in [7, 11) is 0. The molecule has 0 radical (unpaired) electrons. The maximum absolute atomic E-state index is 13.7. The number of nitrogens with two attached hydrogens (primary N) is 1. The van der Waals surface area contributed by atoms with E-state index in [1.54, 1.807) is 17.4 Å². The lowest BCUT2D eigenvalue weighted by molar-refractivity contribution is 0.629. The lowest BCUT2D eigenvalue weighted by Gasteiger charge is -2.09. The molecule has 1 heterocycles. The van der Waals surface area contributed by atoms with Crippen molar-refractivity contribution >= 4 is 11.3 Å². The van der Waals surface area contributed by atoms with Crippen molar-refractivity contribution in [2.75, 3.05) is 0 Å². The first-order chi connectivity index (χ1) is 7.59. The zero-order valence-corrected chi connectivity index (χ0v) is 10.1. The molecular weight excluding hydrogens is 221 g/mol. The number of hydrogen-bond acceptors (Lipinski definition) is 2. The molecule has 16 heavy (non-hydrogen) atoms. The molecular formula is C13H14FNS. The average molecular weight is 235 g/mol. The summed E-state index contributed by atoms with van der Waals surface area (Å²) in [6, 6.07) is 6.95. The van der Waals surface area contributed by atoms with Gasteiger partial charge < -0.3 is 5.73 Å². The summed E-state index contributed by atoms with van der Waals surface area (Å²) in [6.07, 6.45) is 0. The highest BCUT2D eigenvalue weighted by atomic mass is 32.1. The second-order valence-electron chi connectivity index (χ2n) is 3.92. The quantitative estimate of drug-likeness (QED) is 0.839. The number of benzene rings is 1. The first-order valence-corrected chi connectivity index (χ1v) is 6.07. The van der Waals surface area contributed by atoms with Crippen LogP contribution in [0.3, 0.4) is 0 Å². The SMILES string of the molecule is Cc1sccc1-c1cc(C(C)N)ccc1F. The molecule has 1 aromatic heterocycles. The van der Waals surface area contributed by atoms with Gasteiger partial charge in [-0.3, -0.25) is 0 Å². The Labute approximate surface area is 98.7 Å². The Morgan fingerprint density at radius 1 is 1.25 bits per heavy atom. The summed E-state index contributed by atoms with van der Waals surface area (Å²) < 4.78 is 13.7. The predicted octanol–water partition coefficient (Wildman–Crippen LogP) is 3.88. The van der Waals surface area contributed by atoms with Gasteiger partial charge >= 0.3 is 0 Å². The molecule has 0 aliphatic rings. The van der Waals surface area contributed by atoms with Crippen molar-refractivity contribution in [2.24, 2.45) is 5.73 Å². The fraction of sp³-hybridized carbons (Fsp3) is 0.231. The van der Waals surface area contributed by atoms with Gasteiger partial charge in [0.1, 0.15) is 5.82 Å². The van der Waals surface area contributed by atoms with Gasteiger partial charge in [0.15, 0.2) is 0 Å². The highest BCUT2D eigenvalue weighted by Crippen LogP contribution is 2.31. The molecule has 1 aromatic carbocycles. The molecule has 1 atom stereocenters. The maximum Gasteiger partial charge on any atom is 0.131 e. The van der Waals surface area contributed by atoms with Crippen molar-refractivity contribution in [3.05, 3.63) is 45.9 Å². The third kappa shape index (κ3) is 2.01. The van der Waals surface area contributed by atoms with Gasteiger partial charge in [0.05, 0.1) is 0 Å². The fourth-order valence-corrected chi connectivity index (χ4v) is 2.41. The number of thiophene rings is 1. The van der Waals surface area contributed by atoms with E-state index in [4.69, 9.17) is 5.73 Å². The Kier molecular flexibility index (Phi) is 3.08. The maximum atomic E-state index is 13.7. The van der Waals surface area contributed by atoms with E-state index in [9.17, 15) is 4.39 Å². The topological polar surface area (TPSA) is 26.0 Å². The third-order valence-corrected chi connectivity index (χ3v) is 3.51. The van der Waals surface area contributed by atoms with Crippen LogP contribution in [0.15, 0.2) is 29.6 Å². The van der Waals surface area contributed by atoms with Gasteiger partial charge in [-0.15, -0.1) is 11.3 Å². The monoisotopic (exact) mass is 235 g/mol. The Hall–Kier alpha value is -1.19. The largest absolute Gasteiger partial charge is 0.324 e. The molecule has 0 saturated heterocycles. The Morgan fingerprint density at radius 2 is 2.00 bits per heavy atom. The summed E-state index contributed by atoms with van der Waals surface area (Å²) in [4.78, 5) is 1.13. The van der Waals surface area contributed by atoms with Gasteiger partial charge in [0.25, 0.3) is 0 Å². The van der Waals surface area contributed by atoms with Crippen molar-refractivity contribution in [1.29, 1.82) is 0 Å². The van der Waals surface area contributed by atoms with Crippen LogP contribution in [0, 0.1) is 12.7 Å². The van der Waals surface area contributed by atoms with Crippen LogP contribution in [0.2, 0.25) is 0 Å². The van der Waals surface area contributed by atoms with E-state index < -0.39 is 0 Å². The standard InChI is InChI=1S/C13H14FNS/c1-8(15)10-3-4-13(14)12(7-10)11-5-6-16-9(11)2/h3-8H,15H2,1-2H3. The molecule has 3 heteroatoms. The second-order valence-corrected chi connectivity index (χ2v) is 5.04. The number of hydrogen-bond donors (Lipinski definition) is 1. The van der Waals surface area contributed by atoms with E-state index in [1.807, 2.05) is 31.4 Å². The second kappa shape index (κ2) is 4.36. The zero-order valence-electron chi connectivity index (χ0n) is 9.33.